The lowest BCUT2D eigenvalue weighted by atomic mass is 10.1. The summed E-state index contributed by atoms with van der Waals surface area (Å²) in [7, 11) is 0. The SMILES string of the molecule is O=C(C1CC1c1ccccc1Cl)N1CCN(CCO)CC1. The normalized spacial score (nSPS) is 25.9. The molecule has 1 aromatic carbocycles. The van der Waals surface area contributed by atoms with Crippen LogP contribution in [0.3, 0.4) is 0 Å². The fourth-order valence-electron chi connectivity index (χ4n) is 3.16. The monoisotopic (exact) mass is 308 g/mol. The molecule has 1 aliphatic carbocycles. The number of β-amino-alcohol motifs (C(OH)–C–C–N with tert-alkyl or cyclic N) is 1. The van der Waals surface area contributed by atoms with Crippen molar-refractivity contribution in [3.63, 3.8) is 0 Å². The summed E-state index contributed by atoms with van der Waals surface area (Å²) in [4.78, 5) is 16.7. The third-order valence-corrected chi connectivity index (χ3v) is 4.86. The van der Waals surface area contributed by atoms with E-state index in [0.717, 1.165) is 43.2 Å². The van der Waals surface area contributed by atoms with Gasteiger partial charge in [-0.1, -0.05) is 29.8 Å². The molecule has 2 atom stereocenters. The maximum Gasteiger partial charge on any atom is 0.226 e. The Labute approximate surface area is 130 Å². The molecule has 2 unspecified atom stereocenters. The molecule has 1 saturated heterocycles. The molecule has 2 fully saturated rings. The van der Waals surface area contributed by atoms with E-state index < -0.39 is 0 Å². The maximum absolute atomic E-state index is 12.5. The number of aliphatic hydroxyl groups excluding tert-OH is 1. The molecule has 114 valence electrons. The highest BCUT2D eigenvalue weighted by Gasteiger charge is 2.46. The quantitative estimate of drug-likeness (QED) is 0.918. The van der Waals surface area contributed by atoms with Crippen molar-refractivity contribution in [2.24, 2.45) is 5.92 Å². The molecule has 5 heteroatoms. The number of carbonyl (C=O) groups excluding carboxylic acids is 1. The summed E-state index contributed by atoms with van der Waals surface area (Å²) in [5.41, 5.74) is 1.11. The van der Waals surface area contributed by atoms with Crippen LogP contribution in [-0.2, 0) is 4.79 Å². The topological polar surface area (TPSA) is 43.8 Å². The lowest BCUT2D eigenvalue weighted by Crippen LogP contribution is -2.49. The Morgan fingerprint density at radius 3 is 2.62 bits per heavy atom. The molecule has 2 aliphatic rings. The Morgan fingerprint density at radius 1 is 1.24 bits per heavy atom. The standard InChI is InChI=1S/C16H21ClN2O2/c17-15-4-2-1-3-12(15)13-11-14(13)16(21)19-7-5-18(6-8-19)9-10-20/h1-4,13-14,20H,5-11H2. The minimum atomic E-state index is 0.106. The summed E-state index contributed by atoms with van der Waals surface area (Å²) < 4.78 is 0. The summed E-state index contributed by atoms with van der Waals surface area (Å²) in [5, 5.41) is 9.71. The highest BCUT2D eigenvalue weighted by Crippen LogP contribution is 2.50. The first-order valence-electron chi connectivity index (χ1n) is 7.57. The molecular weight excluding hydrogens is 288 g/mol. The van der Waals surface area contributed by atoms with E-state index in [4.69, 9.17) is 16.7 Å². The van der Waals surface area contributed by atoms with Crippen molar-refractivity contribution >= 4 is 17.5 Å². The van der Waals surface area contributed by atoms with E-state index in [1.807, 2.05) is 29.2 Å². The minimum absolute atomic E-state index is 0.106. The van der Waals surface area contributed by atoms with Gasteiger partial charge in [0.1, 0.15) is 0 Å². The van der Waals surface area contributed by atoms with Crippen molar-refractivity contribution in [1.82, 2.24) is 9.80 Å². The largest absolute Gasteiger partial charge is 0.395 e. The third kappa shape index (κ3) is 3.23. The number of rotatable bonds is 4. The second-order valence-electron chi connectivity index (χ2n) is 5.86. The highest BCUT2D eigenvalue weighted by molar-refractivity contribution is 6.31. The fraction of sp³-hybridized carbons (Fsp3) is 0.562. The number of amides is 1. The zero-order valence-electron chi connectivity index (χ0n) is 12.0. The molecule has 1 heterocycles. The van der Waals surface area contributed by atoms with Crippen LogP contribution in [0.5, 0.6) is 0 Å². The van der Waals surface area contributed by atoms with Crippen LogP contribution in [0.2, 0.25) is 5.02 Å². The Kier molecular flexibility index (Phi) is 4.48. The average molecular weight is 309 g/mol. The highest BCUT2D eigenvalue weighted by atomic mass is 35.5. The van der Waals surface area contributed by atoms with Gasteiger partial charge in [0.05, 0.1) is 6.61 Å². The Hall–Kier alpha value is -1.10. The van der Waals surface area contributed by atoms with Crippen LogP contribution in [0.1, 0.15) is 17.9 Å². The number of piperazine rings is 1. The Morgan fingerprint density at radius 2 is 1.95 bits per heavy atom. The van der Waals surface area contributed by atoms with Crippen molar-refractivity contribution in [1.29, 1.82) is 0 Å². The van der Waals surface area contributed by atoms with Crippen LogP contribution in [-0.4, -0.2) is 60.1 Å². The van der Waals surface area contributed by atoms with E-state index in [1.54, 1.807) is 0 Å². The van der Waals surface area contributed by atoms with Gasteiger partial charge in [0.25, 0.3) is 0 Å². The Bertz CT molecular complexity index is 515. The summed E-state index contributed by atoms with van der Waals surface area (Å²) in [6, 6.07) is 7.82. The second-order valence-corrected chi connectivity index (χ2v) is 6.27. The molecule has 0 aromatic heterocycles. The van der Waals surface area contributed by atoms with Crippen LogP contribution in [0.4, 0.5) is 0 Å². The number of hydrogen-bond acceptors (Lipinski definition) is 3. The van der Waals surface area contributed by atoms with Gasteiger partial charge in [0.2, 0.25) is 5.91 Å². The van der Waals surface area contributed by atoms with Gasteiger partial charge in [-0.2, -0.15) is 0 Å². The molecule has 1 amide bonds. The summed E-state index contributed by atoms with van der Waals surface area (Å²) in [5.74, 6) is 0.666. The number of aliphatic hydroxyl groups is 1. The van der Waals surface area contributed by atoms with E-state index in [-0.39, 0.29) is 18.4 Å². The smallest absolute Gasteiger partial charge is 0.226 e. The third-order valence-electron chi connectivity index (χ3n) is 4.51. The van der Waals surface area contributed by atoms with E-state index in [0.29, 0.717) is 12.5 Å². The zero-order valence-corrected chi connectivity index (χ0v) is 12.8. The van der Waals surface area contributed by atoms with Gasteiger partial charge in [0, 0.05) is 43.7 Å². The summed E-state index contributed by atoms with van der Waals surface area (Å²) in [6.07, 6.45) is 0.916. The molecule has 1 N–H and O–H groups in total. The van der Waals surface area contributed by atoms with Crippen LogP contribution < -0.4 is 0 Å². The second kappa shape index (κ2) is 6.34. The number of carbonyl (C=O) groups is 1. The van der Waals surface area contributed by atoms with E-state index in [2.05, 4.69) is 4.90 Å². The molecule has 0 radical (unpaired) electrons. The first kappa shape index (κ1) is 14.8. The average Bonchev–Trinajstić information content (AvgIpc) is 3.28. The van der Waals surface area contributed by atoms with Gasteiger partial charge in [-0.25, -0.2) is 0 Å². The first-order valence-corrected chi connectivity index (χ1v) is 7.95. The van der Waals surface area contributed by atoms with Crippen LogP contribution in [0.25, 0.3) is 0 Å². The molecule has 1 aromatic rings. The fourth-order valence-corrected chi connectivity index (χ4v) is 3.43. The Balaban J connectivity index is 1.55. The van der Waals surface area contributed by atoms with E-state index in [1.165, 1.54) is 0 Å². The van der Waals surface area contributed by atoms with Crippen molar-refractivity contribution in [2.75, 3.05) is 39.3 Å². The first-order chi connectivity index (χ1) is 10.2. The lowest BCUT2D eigenvalue weighted by Gasteiger charge is -2.34. The zero-order chi connectivity index (χ0) is 14.8. The van der Waals surface area contributed by atoms with Crippen molar-refractivity contribution in [2.45, 2.75) is 12.3 Å². The molecule has 0 bridgehead atoms. The van der Waals surface area contributed by atoms with Gasteiger partial charge < -0.3 is 10.0 Å². The molecule has 21 heavy (non-hydrogen) atoms. The van der Waals surface area contributed by atoms with Gasteiger partial charge in [-0.05, 0) is 24.0 Å². The maximum atomic E-state index is 12.5. The summed E-state index contributed by atoms with van der Waals surface area (Å²) >= 11 is 6.21. The predicted molar refractivity (Wildman–Crippen MR) is 82.4 cm³/mol. The van der Waals surface area contributed by atoms with Crippen LogP contribution in [0.15, 0.2) is 24.3 Å². The van der Waals surface area contributed by atoms with Crippen molar-refractivity contribution in [3.8, 4) is 0 Å². The number of halogens is 1. The molecule has 1 aliphatic heterocycles. The lowest BCUT2D eigenvalue weighted by molar-refractivity contribution is -0.134. The molecule has 1 saturated carbocycles. The molecule has 3 rings (SSSR count). The van der Waals surface area contributed by atoms with Crippen molar-refractivity contribution in [3.05, 3.63) is 34.9 Å². The molecule has 4 nitrogen and oxygen atoms in total. The van der Waals surface area contributed by atoms with Crippen LogP contribution in [0, 0.1) is 5.92 Å². The van der Waals surface area contributed by atoms with Crippen LogP contribution >= 0.6 is 11.6 Å². The number of hydrogen-bond donors (Lipinski definition) is 1. The van der Waals surface area contributed by atoms with Crippen molar-refractivity contribution < 1.29 is 9.90 Å². The van der Waals surface area contributed by atoms with Gasteiger partial charge in [-0.3, -0.25) is 9.69 Å². The predicted octanol–water partition coefficient (Wildman–Crippen LogP) is 1.58. The number of nitrogens with zero attached hydrogens (tertiary/aromatic N) is 2. The number of benzene rings is 1. The minimum Gasteiger partial charge on any atom is -0.395 e. The van der Waals surface area contributed by atoms with Gasteiger partial charge >= 0.3 is 0 Å². The summed E-state index contributed by atoms with van der Waals surface area (Å²) in [6.45, 7) is 4.14. The van der Waals surface area contributed by atoms with E-state index >= 15 is 0 Å². The molecular formula is C16H21ClN2O2. The van der Waals surface area contributed by atoms with Gasteiger partial charge in [0.15, 0.2) is 0 Å². The molecule has 0 spiro atoms. The van der Waals surface area contributed by atoms with Gasteiger partial charge in [-0.15, -0.1) is 0 Å². The van der Waals surface area contributed by atoms with E-state index in [9.17, 15) is 4.79 Å².